The number of aromatic nitrogens is 2. The van der Waals surface area contributed by atoms with Gasteiger partial charge in [-0.05, 0) is 44.2 Å². The highest BCUT2D eigenvalue weighted by Gasteiger charge is 2.37. The van der Waals surface area contributed by atoms with Crippen molar-refractivity contribution in [1.82, 2.24) is 19.8 Å². The van der Waals surface area contributed by atoms with E-state index in [2.05, 4.69) is 9.97 Å². The van der Waals surface area contributed by atoms with Gasteiger partial charge < -0.3 is 4.90 Å². The molecule has 162 valence electrons. The lowest BCUT2D eigenvalue weighted by molar-refractivity contribution is 0.0540. The van der Waals surface area contributed by atoms with Crippen molar-refractivity contribution >= 4 is 17.7 Å². The minimum atomic E-state index is -0.605. The monoisotopic (exact) mass is 432 g/mol. The minimum absolute atomic E-state index is 0.0180. The van der Waals surface area contributed by atoms with Crippen LogP contribution in [0, 0.1) is 5.82 Å². The summed E-state index contributed by atoms with van der Waals surface area (Å²) in [7, 11) is 0. The fraction of sp³-hybridized carbons (Fsp3) is 0.208. The Balaban J connectivity index is 1.62. The maximum Gasteiger partial charge on any atom is 0.261 e. The number of carbonyl (C=O) groups is 3. The standard InChI is InChI=1S/C24H21FN4O3/c1-3-28(15(2)14-29-22(30)16-8-4-5-9-17(16)23(29)31)24(32)18-10-6-11-19(25)20(18)21-26-12-7-13-27-21/h4-13,15H,3,14H2,1-2H3/t15-/m0/s1. The van der Waals surface area contributed by atoms with Crippen molar-refractivity contribution in [2.75, 3.05) is 13.1 Å². The Hall–Kier alpha value is -3.94. The van der Waals surface area contributed by atoms with Crippen LogP contribution < -0.4 is 0 Å². The zero-order valence-corrected chi connectivity index (χ0v) is 17.7. The molecule has 0 fully saturated rings. The second-order valence-electron chi connectivity index (χ2n) is 7.44. The third-order valence-electron chi connectivity index (χ3n) is 5.49. The van der Waals surface area contributed by atoms with E-state index in [9.17, 15) is 18.8 Å². The van der Waals surface area contributed by atoms with Crippen molar-refractivity contribution in [3.05, 3.63) is 83.4 Å². The largest absolute Gasteiger partial charge is 0.334 e. The summed E-state index contributed by atoms with van der Waals surface area (Å²) in [5.74, 6) is -1.70. The Morgan fingerprint density at radius 1 is 1.00 bits per heavy atom. The molecule has 3 amide bonds. The van der Waals surface area contributed by atoms with E-state index in [0.29, 0.717) is 17.7 Å². The van der Waals surface area contributed by atoms with Crippen LogP contribution in [-0.4, -0.2) is 56.6 Å². The molecule has 3 aromatic rings. The van der Waals surface area contributed by atoms with E-state index in [0.717, 1.165) is 4.90 Å². The van der Waals surface area contributed by atoms with Crippen molar-refractivity contribution < 1.29 is 18.8 Å². The van der Waals surface area contributed by atoms with Crippen molar-refractivity contribution in [3.8, 4) is 11.4 Å². The van der Waals surface area contributed by atoms with Gasteiger partial charge in [-0.2, -0.15) is 0 Å². The smallest absolute Gasteiger partial charge is 0.261 e. The first-order valence-corrected chi connectivity index (χ1v) is 10.3. The van der Waals surface area contributed by atoms with Gasteiger partial charge in [-0.1, -0.05) is 18.2 Å². The fourth-order valence-corrected chi connectivity index (χ4v) is 3.94. The molecule has 0 N–H and O–H groups in total. The highest BCUT2D eigenvalue weighted by atomic mass is 19.1. The van der Waals surface area contributed by atoms with E-state index in [1.165, 1.54) is 35.5 Å². The van der Waals surface area contributed by atoms with Gasteiger partial charge in [0.15, 0.2) is 5.82 Å². The number of rotatable bonds is 6. The quantitative estimate of drug-likeness (QED) is 0.558. The van der Waals surface area contributed by atoms with Crippen LogP contribution in [0.4, 0.5) is 4.39 Å². The zero-order valence-electron chi connectivity index (χ0n) is 17.7. The molecule has 8 heteroatoms. The number of fused-ring (bicyclic) bond motifs is 1. The lowest BCUT2D eigenvalue weighted by atomic mass is 10.0. The molecule has 2 heterocycles. The molecule has 7 nitrogen and oxygen atoms in total. The van der Waals surface area contributed by atoms with Gasteiger partial charge in [0, 0.05) is 31.5 Å². The summed E-state index contributed by atoms with van der Waals surface area (Å²) in [5, 5.41) is 0. The lowest BCUT2D eigenvalue weighted by Gasteiger charge is -2.31. The average Bonchev–Trinajstić information content (AvgIpc) is 3.05. The molecule has 0 unspecified atom stereocenters. The Bertz CT molecular complexity index is 1160. The van der Waals surface area contributed by atoms with Gasteiger partial charge >= 0.3 is 0 Å². The van der Waals surface area contributed by atoms with Gasteiger partial charge in [-0.3, -0.25) is 19.3 Å². The molecular weight excluding hydrogens is 411 g/mol. The highest BCUT2D eigenvalue weighted by Crippen LogP contribution is 2.27. The van der Waals surface area contributed by atoms with Gasteiger partial charge in [0.1, 0.15) is 5.82 Å². The van der Waals surface area contributed by atoms with Gasteiger partial charge in [0.05, 0.1) is 22.3 Å². The molecule has 0 bridgehead atoms. The van der Waals surface area contributed by atoms with Crippen molar-refractivity contribution in [1.29, 1.82) is 0 Å². The third-order valence-corrected chi connectivity index (χ3v) is 5.49. The summed E-state index contributed by atoms with van der Waals surface area (Å²) in [5.41, 5.74) is 0.845. The van der Waals surface area contributed by atoms with Gasteiger partial charge in [0.2, 0.25) is 0 Å². The number of amides is 3. The maximum atomic E-state index is 14.7. The molecule has 1 aromatic heterocycles. The Labute approximate surface area is 184 Å². The number of imide groups is 1. The molecular formula is C24H21FN4O3. The summed E-state index contributed by atoms with van der Waals surface area (Å²) in [4.78, 5) is 49.7. The Kier molecular flexibility index (Phi) is 5.77. The second-order valence-corrected chi connectivity index (χ2v) is 7.44. The van der Waals surface area contributed by atoms with Gasteiger partial charge in [-0.15, -0.1) is 0 Å². The van der Waals surface area contributed by atoms with Crippen LogP contribution in [0.1, 0.15) is 44.9 Å². The number of halogens is 1. The molecule has 0 radical (unpaired) electrons. The van der Waals surface area contributed by atoms with Crippen molar-refractivity contribution in [3.63, 3.8) is 0 Å². The first-order chi connectivity index (χ1) is 15.4. The summed E-state index contributed by atoms with van der Waals surface area (Å²) < 4.78 is 14.7. The number of nitrogens with zero attached hydrogens (tertiary/aromatic N) is 4. The summed E-state index contributed by atoms with van der Waals surface area (Å²) in [6, 6.07) is 12.0. The molecule has 1 aliphatic heterocycles. The van der Waals surface area contributed by atoms with Gasteiger partial charge in [0.25, 0.3) is 17.7 Å². The van der Waals surface area contributed by atoms with Crippen LogP contribution in [-0.2, 0) is 0 Å². The zero-order chi connectivity index (χ0) is 22.8. The number of hydrogen-bond donors (Lipinski definition) is 0. The molecule has 2 aromatic carbocycles. The van der Waals surface area contributed by atoms with Gasteiger partial charge in [-0.25, -0.2) is 14.4 Å². The van der Waals surface area contributed by atoms with Crippen LogP contribution in [0.15, 0.2) is 60.9 Å². The number of benzene rings is 2. The molecule has 0 saturated heterocycles. The van der Waals surface area contributed by atoms with Crippen molar-refractivity contribution in [2.24, 2.45) is 0 Å². The van der Waals surface area contributed by atoms with Crippen molar-refractivity contribution in [2.45, 2.75) is 19.9 Å². The molecule has 0 spiro atoms. The number of likely N-dealkylation sites (N-methyl/N-ethyl adjacent to an activating group) is 1. The molecule has 0 aliphatic carbocycles. The third kappa shape index (κ3) is 3.64. The van der Waals surface area contributed by atoms with E-state index < -0.39 is 17.8 Å². The predicted molar refractivity (Wildman–Crippen MR) is 115 cm³/mol. The van der Waals surface area contributed by atoms with E-state index in [4.69, 9.17) is 0 Å². The lowest BCUT2D eigenvalue weighted by Crippen LogP contribution is -2.47. The van der Waals surface area contributed by atoms with E-state index in [-0.39, 0.29) is 35.3 Å². The molecule has 1 atom stereocenters. The van der Waals surface area contributed by atoms with Crippen LogP contribution in [0.5, 0.6) is 0 Å². The average molecular weight is 432 g/mol. The Morgan fingerprint density at radius 2 is 1.62 bits per heavy atom. The predicted octanol–water partition coefficient (Wildman–Crippen LogP) is 3.43. The first kappa shape index (κ1) is 21.3. The summed E-state index contributed by atoms with van der Waals surface area (Å²) in [6.07, 6.45) is 2.96. The topological polar surface area (TPSA) is 83.5 Å². The normalized spacial score (nSPS) is 13.8. The summed E-state index contributed by atoms with van der Waals surface area (Å²) >= 11 is 0. The highest BCUT2D eigenvalue weighted by molar-refractivity contribution is 6.21. The molecule has 4 rings (SSSR count). The van der Waals surface area contributed by atoms with Crippen LogP contribution >= 0.6 is 0 Å². The molecule has 0 saturated carbocycles. The fourth-order valence-electron chi connectivity index (χ4n) is 3.94. The second kappa shape index (κ2) is 8.66. The SMILES string of the molecule is CCN(C(=O)c1cccc(F)c1-c1ncccn1)[C@@H](C)CN1C(=O)c2ccccc2C1=O. The van der Waals surface area contributed by atoms with Crippen LogP contribution in [0.3, 0.4) is 0 Å². The minimum Gasteiger partial charge on any atom is -0.334 e. The van der Waals surface area contributed by atoms with E-state index in [1.807, 2.05) is 0 Å². The number of carbonyl (C=O) groups excluding carboxylic acids is 3. The van der Waals surface area contributed by atoms with Crippen LogP contribution in [0.25, 0.3) is 11.4 Å². The van der Waals surface area contributed by atoms with E-state index >= 15 is 0 Å². The molecule has 32 heavy (non-hydrogen) atoms. The Morgan fingerprint density at radius 3 is 2.22 bits per heavy atom. The number of hydrogen-bond acceptors (Lipinski definition) is 5. The van der Waals surface area contributed by atoms with Crippen LogP contribution in [0.2, 0.25) is 0 Å². The summed E-state index contributed by atoms with van der Waals surface area (Å²) in [6.45, 7) is 3.87. The maximum absolute atomic E-state index is 14.7. The first-order valence-electron chi connectivity index (χ1n) is 10.3. The molecule has 1 aliphatic rings. The van der Waals surface area contributed by atoms with E-state index in [1.54, 1.807) is 44.2 Å².